The lowest BCUT2D eigenvalue weighted by Crippen LogP contribution is -2.38. The van der Waals surface area contributed by atoms with Gasteiger partial charge >= 0.3 is 0 Å². The number of rotatable bonds is 6. The number of nitrogens with zero attached hydrogens (tertiary/aromatic N) is 4. The third-order valence-electron chi connectivity index (χ3n) is 6.82. The van der Waals surface area contributed by atoms with Crippen LogP contribution in [0.2, 0.25) is 0 Å². The number of allylic oxidation sites excluding steroid dienone is 3. The summed E-state index contributed by atoms with van der Waals surface area (Å²) in [5, 5.41) is 21.9. The maximum atomic E-state index is 13.6. The van der Waals surface area contributed by atoms with Crippen LogP contribution in [0.4, 0.5) is 15.2 Å². The SMILES string of the molecule is Cc1ccc(NC(=O)CSc2nnc(N3C(N)=C(C#N)C(c4ccc(F)cc4)C4=C3CCCC4=O)s2)cc1C. The van der Waals surface area contributed by atoms with Crippen molar-refractivity contribution in [2.24, 2.45) is 5.73 Å². The number of carbonyl (C=O) groups excluding carboxylic acids is 2. The number of amides is 1. The van der Waals surface area contributed by atoms with Crippen molar-refractivity contribution < 1.29 is 14.0 Å². The molecule has 2 heterocycles. The van der Waals surface area contributed by atoms with Gasteiger partial charge in [-0.3, -0.25) is 14.5 Å². The highest BCUT2D eigenvalue weighted by molar-refractivity contribution is 8.01. The minimum Gasteiger partial charge on any atom is -0.384 e. The fraction of sp³-hybridized carbons (Fsp3) is 0.250. The van der Waals surface area contributed by atoms with Crippen LogP contribution in [0.3, 0.4) is 0 Å². The smallest absolute Gasteiger partial charge is 0.234 e. The van der Waals surface area contributed by atoms with E-state index in [0.29, 0.717) is 45.6 Å². The first-order chi connectivity index (χ1) is 18.8. The van der Waals surface area contributed by atoms with Crippen LogP contribution < -0.4 is 16.0 Å². The van der Waals surface area contributed by atoms with Gasteiger partial charge in [0.25, 0.3) is 0 Å². The molecule has 198 valence electrons. The first kappa shape index (κ1) is 26.6. The number of nitrogens with one attached hydrogen (secondary N) is 1. The van der Waals surface area contributed by atoms with Gasteiger partial charge in [0.15, 0.2) is 10.1 Å². The second-order valence-corrected chi connectivity index (χ2v) is 11.5. The average molecular weight is 561 g/mol. The topological polar surface area (TPSA) is 125 Å². The van der Waals surface area contributed by atoms with Crippen molar-refractivity contribution in [1.82, 2.24) is 10.2 Å². The zero-order valence-corrected chi connectivity index (χ0v) is 23.0. The summed E-state index contributed by atoms with van der Waals surface area (Å²) < 4.78 is 14.2. The third kappa shape index (κ3) is 5.30. The Morgan fingerprint density at radius 2 is 1.97 bits per heavy atom. The molecule has 11 heteroatoms. The molecule has 5 rings (SSSR count). The van der Waals surface area contributed by atoms with E-state index < -0.39 is 11.7 Å². The Morgan fingerprint density at radius 1 is 1.21 bits per heavy atom. The van der Waals surface area contributed by atoms with Gasteiger partial charge in [-0.05, 0) is 67.6 Å². The van der Waals surface area contributed by atoms with E-state index in [0.717, 1.165) is 16.8 Å². The van der Waals surface area contributed by atoms with Gasteiger partial charge in [0, 0.05) is 23.4 Å². The summed E-state index contributed by atoms with van der Waals surface area (Å²) in [6.45, 7) is 4.00. The second kappa shape index (κ2) is 11.0. The number of anilines is 2. The van der Waals surface area contributed by atoms with E-state index in [9.17, 15) is 19.2 Å². The first-order valence-electron chi connectivity index (χ1n) is 12.3. The summed E-state index contributed by atoms with van der Waals surface area (Å²) in [6.07, 6.45) is 1.56. The number of aromatic nitrogens is 2. The van der Waals surface area contributed by atoms with Gasteiger partial charge in [0.2, 0.25) is 11.0 Å². The zero-order valence-electron chi connectivity index (χ0n) is 21.3. The summed E-state index contributed by atoms with van der Waals surface area (Å²) >= 11 is 2.47. The quantitative estimate of drug-likeness (QED) is 0.388. The number of aryl methyl sites for hydroxylation is 2. The van der Waals surface area contributed by atoms with Crippen LogP contribution in [0.15, 0.2) is 69.5 Å². The second-order valence-electron chi connectivity index (χ2n) is 9.35. The Bertz CT molecular complexity index is 1570. The highest BCUT2D eigenvalue weighted by Gasteiger charge is 2.41. The maximum absolute atomic E-state index is 13.6. The highest BCUT2D eigenvalue weighted by Crippen LogP contribution is 2.47. The first-order valence-corrected chi connectivity index (χ1v) is 14.1. The highest BCUT2D eigenvalue weighted by atomic mass is 32.2. The number of halogens is 1. The molecule has 39 heavy (non-hydrogen) atoms. The molecular formula is C28H25FN6O2S2. The molecule has 0 saturated heterocycles. The number of thioether (sulfide) groups is 1. The van der Waals surface area contributed by atoms with E-state index in [4.69, 9.17) is 5.73 Å². The minimum atomic E-state index is -0.675. The van der Waals surface area contributed by atoms with Crippen molar-refractivity contribution in [2.45, 2.75) is 43.4 Å². The summed E-state index contributed by atoms with van der Waals surface area (Å²) in [5.74, 6) is -1.02. The van der Waals surface area contributed by atoms with Crippen molar-refractivity contribution in [1.29, 1.82) is 5.26 Å². The number of ketones is 1. The molecule has 0 bridgehead atoms. The van der Waals surface area contributed by atoms with Crippen LogP contribution in [-0.2, 0) is 9.59 Å². The molecule has 2 aliphatic rings. The van der Waals surface area contributed by atoms with Crippen molar-refractivity contribution in [3.63, 3.8) is 0 Å². The molecule has 1 aromatic heterocycles. The molecular weight excluding hydrogens is 535 g/mol. The number of nitriles is 1. The molecule has 2 aromatic carbocycles. The van der Waals surface area contributed by atoms with Gasteiger partial charge in [-0.15, -0.1) is 10.2 Å². The summed E-state index contributed by atoms with van der Waals surface area (Å²) in [5.41, 5.74) is 11.5. The van der Waals surface area contributed by atoms with E-state index in [1.54, 1.807) is 17.0 Å². The van der Waals surface area contributed by atoms with Crippen LogP contribution in [-0.4, -0.2) is 27.6 Å². The molecule has 8 nitrogen and oxygen atoms in total. The van der Waals surface area contributed by atoms with Gasteiger partial charge in [0.1, 0.15) is 11.6 Å². The molecule has 0 saturated carbocycles. The van der Waals surface area contributed by atoms with Gasteiger partial charge in [0.05, 0.1) is 23.3 Å². The molecule has 1 unspecified atom stereocenters. The molecule has 0 spiro atoms. The summed E-state index contributed by atoms with van der Waals surface area (Å²) in [4.78, 5) is 27.3. The van der Waals surface area contributed by atoms with Crippen LogP contribution in [0.5, 0.6) is 0 Å². The number of hydrogen-bond donors (Lipinski definition) is 2. The normalized spacial score (nSPS) is 17.2. The molecule has 1 atom stereocenters. The van der Waals surface area contributed by atoms with Gasteiger partial charge < -0.3 is 11.1 Å². The predicted octanol–water partition coefficient (Wildman–Crippen LogP) is 5.33. The number of nitrogens with two attached hydrogens (primary N) is 1. The number of Topliss-reactive ketones (excluding diaryl/α,β-unsaturated/α-hetero) is 1. The van der Waals surface area contributed by atoms with Crippen LogP contribution in [0.25, 0.3) is 0 Å². The summed E-state index contributed by atoms with van der Waals surface area (Å²) in [7, 11) is 0. The molecule has 1 amide bonds. The molecule has 3 aromatic rings. The van der Waals surface area contributed by atoms with E-state index in [-0.39, 0.29) is 28.8 Å². The zero-order chi connectivity index (χ0) is 27.7. The Hall–Kier alpha value is -4.01. The van der Waals surface area contributed by atoms with Crippen molar-refractivity contribution in [2.75, 3.05) is 16.0 Å². The fourth-order valence-corrected chi connectivity index (χ4v) is 6.47. The van der Waals surface area contributed by atoms with Gasteiger partial charge in [-0.2, -0.15) is 5.26 Å². The Labute approximate surface area is 233 Å². The lowest BCUT2D eigenvalue weighted by Gasteiger charge is -2.38. The molecule has 1 aliphatic carbocycles. The maximum Gasteiger partial charge on any atom is 0.234 e. The fourth-order valence-electron chi connectivity index (χ4n) is 4.79. The molecule has 0 fully saturated rings. The third-order valence-corrected chi connectivity index (χ3v) is 8.86. The lowest BCUT2D eigenvalue weighted by atomic mass is 9.76. The summed E-state index contributed by atoms with van der Waals surface area (Å²) in [6, 6.07) is 13.7. The number of benzene rings is 2. The van der Waals surface area contributed by atoms with Gasteiger partial charge in [-0.25, -0.2) is 4.39 Å². The largest absolute Gasteiger partial charge is 0.384 e. The Balaban J connectivity index is 1.40. The standard InChI is InChI=1S/C28H25FN6O2S2/c1-15-6-11-19(12-16(15)2)32-23(37)14-38-28-34-33-27(39-28)35-21-4-3-5-22(36)25(21)24(20(13-30)26(35)31)17-7-9-18(29)10-8-17/h6-12,24H,3-5,14,31H2,1-2H3,(H,32,37). The van der Waals surface area contributed by atoms with E-state index in [1.165, 1.54) is 35.2 Å². The van der Waals surface area contributed by atoms with Crippen molar-refractivity contribution >= 4 is 45.6 Å². The molecule has 0 radical (unpaired) electrons. The van der Waals surface area contributed by atoms with Gasteiger partial charge in [-0.1, -0.05) is 41.3 Å². The molecule has 3 N–H and O–H groups in total. The van der Waals surface area contributed by atoms with E-state index >= 15 is 0 Å². The van der Waals surface area contributed by atoms with Crippen molar-refractivity contribution in [3.05, 3.63) is 87.6 Å². The average Bonchev–Trinajstić information content (AvgIpc) is 3.38. The van der Waals surface area contributed by atoms with E-state index in [2.05, 4.69) is 21.6 Å². The van der Waals surface area contributed by atoms with Crippen molar-refractivity contribution in [3.8, 4) is 6.07 Å². The Morgan fingerprint density at radius 3 is 2.69 bits per heavy atom. The van der Waals surface area contributed by atoms with E-state index in [1.807, 2.05) is 32.0 Å². The predicted molar refractivity (Wildman–Crippen MR) is 150 cm³/mol. The lowest BCUT2D eigenvalue weighted by molar-refractivity contribution is -0.116. The molecule has 1 aliphatic heterocycles. The monoisotopic (exact) mass is 560 g/mol. The van der Waals surface area contributed by atoms with Crippen LogP contribution in [0.1, 0.15) is 41.9 Å². The van der Waals surface area contributed by atoms with Crippen LogP contribution in [0, 0.1) is 31.0 Å². The van der Waals surface area contributed by atoms with Crippen LogP contribution >= 0.6 is 23.1 Å². The number of hydrogen-bond acceptors (Lipinski definition) is 9. The number of carbonyl (C=O) groups is 2. The minimum absolute atomic E-state index is 0.0713. The Kier molecular flexibility index (Phi) is 7.50.